The number of thiophene rings is 1. The number of benzene rings is 1. The lowest BCUT2D eigenvalue weighted by Crippen LogP contribution is -2.22. The van der Waals surface area contributed by atoms with Gasteiger partial charge in [0.1, 0.15) is 16.5 Å². The summed E-state index contributed by atoms with van der Waals surface area (Å²) in [4.78, 5) is 36.5. The second kappa shape index (κ2) is 10.6. The Labute approximate surface area is 179 Å². The molecule has 0 unspecified atom stereocenters. The molecule has 0 aliphatic carbocycles. The molecule has 2 aromatic rings. The van der Waals surface area contributed by atoms with Gasteiger partial charge in [-0.1, -0.05) is 13.8 Å². The number of amides is 2. The molecule has 3 N–H and O–H groups in total. The third-order valence-electron chi connectivity index (χ3n) is 4.04. The molecule has 8 nitrogen and oxygen atoms in total. The molecular formula is C21H26N2O6S. The average molecular weight is 435 g/mol. The number of nitrogens with two attached hydrogens (primary N) is 1. The number of esters is 1. The van der Waals surface area contributed by atoms with Crippen LogP contribution in [0.15, 0.2) is 23.6 Å². The molecule has 0 spiro atoms. The van der Waals surface area contributed by atoms with Crippen LogP contribution in [0.5, 0.6) is 11.5 Å². The van der Waals surface area contributed by atoms with Gasteiger partial charge in [0.25, 0.3) is 11.8 Å². The van der Waals surface area contributed by atoms with E-state index in [4.69, 9.17) is 19.9 Å². The van der Waals surface area contributed by atoms with Crippen molar-refractivity contribution < 1.29 is 28.6 Å². The minimum atomic E-state index is -0.703. The van der Waals surface area contributed by atoms with Crippen LogP contribution < -0.4 is 20.5 Å². The zero-order chi connectivity index (χ0) is 22.3. The highest BCUT2D eigenvalue weighted by Gasteiger charge is 2.22. The number of ether oxygens (including phenoxy) is 3. The van der Waals surface area contributed by atoms with Crippen molar-refractivity contribution in [3.05, 3.63) is 40.3 Å². The molecule has 0 aliphatic heterocycles. The first-order valence-electron chi connectivity index (χ1n) is 9.44. The molecule has 0 saturated carbocycles. The third-order valence-corrected chi connectivity index (χ3v) is 4.98. The van der Waals surface area contributed by atoms with Crippen LogP contribution in [0, 0.1) is 5.92 Å². The van der Waals surface area contributed by atoms with Crippen LogP contribution in [-0.2, 0) is 16.0 Å². The molecule has 1 heterocycles. The molecule has 0 radical (unpaired) electrons. The average Bonchev–Trinajstić information content (AvgIpc) is 3.07. The first-order valence-corrected chi connectivity index (χ1v) is 10.3. The predicted molar refractivity (Wildman–Crippen MR) is 114 cm³/mol. The largest absolute Gasteiger partial charge is 0.497 e. The minimum Gasteiger partial charge on any atom is -0.497 e. The number of carbonyl (C=O) groups excluding carboxylic acids is 3. The number of methoxy groups -OCH3 is 1. The second-order valence-electron chi connectivity index (χ2n) is 6.85. The van der Waals surface area contributed by atoms with Crippen molar-refractivity contribution in [2.75, 3.05) is 25.6 Å². The van der Waals surface area contributed by atoms with Gasteiger partial charge >= 0.3 is 5.97 Å². The van der Waals surface area contributed by atoms with E-state index in [-0.39, 0.29) is 24.5 Å². The van der Waals surface area contributed by atoms with Gasteiger partial charge in [-0.05, 0) is 48.4 Å². The van der Waals surface area contributed by atoms with Crippen LogP contribution in [0.1, 0.15) is 47.1 Å². The predicted octanol–water partition coefficient (Wildman–Crippen LogP) is 3.25. The van der Waals surface area contributed by atoms with Crippen molar-refractivity contribution in [3.8, 4) is 11.5 Å². The third kappa shape index (κ3) is 5.96. The van der Waals surface area contributed by atoms with Gasteiger partial charge in [-0.3, -0.25) is 9.59 Å². The fourth-order valence-electron chi connectivity index (χ4n) is 2.76. The van der Waals surface area contributed by atoms with Gasteiger partial charge < -0.3 is 25.3 Å². The lowest BCUT2D eigenvalue weighted by Gasteiger charge is -2.12. The fraction of sp³-hybridized carbons (Fsp3) is 0.381. The Balaban J connectivity index is 2.14. The van der Waals surface area contributed by atoms with Crippen molar-refractivity contribution in [3.63, 3.8) is 0 Å². The first-order chi connectivity index (χ1) is 14.3. The van der Waals surface area contributed by atoms with Crippen molar-refractivity contribution >= 4 is 34.1 Å². The van der Waals surface area contributed by atoms with Crippen LogP contribution in [0.3, 0.4) is 0 Å². The molecule has 0 fully saturated rings. The molecule has 162 valence electrons. The Hall–Kier alpha value is -3.07. The summed E-state index contributed by atoms with van der Waals surface area (Å²) in [6, 6.07) is 4.53. The molecule has 1 aromatic heterocycles. The SMILES string of the molecule is CCOC(=O)c1c(CC(C)C)csc1NC(=O)COc1ccc(OC)cc1C(N)=O. The summed E-state index contributed by atoms with van der Waals surface area (Å²) in [7, 11) is 1.46. The summed E-state index contributed by atoms with van der Waals surface area (Å²) in [5.74, 6) is -0.722. The summed E-state index contributed by atoms with van der Waals surface area (Å²) >= 11 is 1.26. The van der Waals surface area contributed by atoms with Crippen LogP contribution in [-0.4, -0.2) is 38.1 Å². The van der Waals surface area contributed by atoms with Crippen molar-refractivity contribution in [1.82, 2.24) is 0 Å². The molecule has 9 heteroatoms. The molecular weight excluding hydrogens is 408 g/mol. The number of hydrogen-bond donors (Lipinski definition) is 2. The summed E-state index contributed by atoms with van der Waals surface area (Å²) in [5, 5.41) is 4.95. The molecule has 0 aliphatic rings. The number of nitrogens with one attached hydrogen (secondary N) is 1. The van der Waals surface area contributed by atoms with E-state index in [0.29, 0.717) is 28.7 Å². The number of primary amides is 1. The van der Waals surface area contributed by atoms with E-state index in [1.807, 2.05) is 19.2 Å². The minimum absolute atomic E-state index is 0.102. The first kappa shape index (κ1) is 23.2. The number of hydrogen-bond acceptors (Lipinski definition) is 7. The molecule has 30 heavy (non-hydrogen) atoms. The van der Waals surface area contributed by atoms with E-state index in [1.165, 1.54) is 30.6 Å². The Kier molecular flexibility index (Phi) is 8.23. The molecule has 0 atom stereocenters. The van der Waals surface area contributed by atoms with Gasteiger partial charge in [-0.2, -0.15) is 0 Å². The van der Waals surface area contributed by atoms with Gasteiger partial charge in [0.2, 0.25) is 0 Å². The van der Waals surface area contributed by atoms with Crippen molar-refractivity contribution in [2.45, 2.75) is 27.2 Å². The maximum absolute atomic E-state index is 12.4. The highest BCUT2D eigenvalue weighted by atomic mass is 32.1. The quantitative estimate of drug-likeness (QED) is 0.555. The molecule has 2 amide bonds. The number of rotatable bonds is 10. The molecule has 2 rings (SSSR count). The van der Waals surface area contributed by atoms with Gasteiger partial charge in [0, 0.05) is 0 Å². The standard InChI is InChI=1S/C21H26N2O6S/c1-5-28-21(26)18-13(8-12(2)3)11-30-20(18)23-17(24)10-29-16-7-6-14(27-4)9-15(16)19(22)25/h6-7,9,11-12H,5,8,10H2,1-4H3,(H2,22,25)(H,23,24). The number of anilines is 1. The highest BCUT2D eigenvalue weighted by Crippen LogP contribution is 2.31. The van der Waals surface area contributed by atoms with Crippen LogP contribution in [0.4, 0.5) is 5.00 Å². The Bertz CT molecular complexity index is 922. The van der Waals surface area contributed by atoms with Gasteiger partial charge in [0.15, 0.2) is 6.61 Å². The normalized spacial score (nSPS) is 10.6. The van der Waals surface area contributed by atoms with E-state index in [2.05, 4.69) is 5.32 Å². The van der Waals surface area contributed by atoms with Gasteiger partial charge in [-0.15, -0.1) is 11.3 Å². The Morgan fingerprint density at radius 2 is 1.97 bits per heavy atom. The monoisotopic (exact) mass is 434 g/mol. The van der Waals surface area contributed by atoms with E-state index < -0.39 is 17.8 Å². The van der Waals surface area contributed by atoms with Crippen LogP contribution in [0.2, 0.25) is 0 Å². The maximum atomic E-state index is 12.4. The van der Waals surface area contributed by atoms with E-state index in [1.54, 1.807) is 13.0 Å². The highest BCUT2D eigenvalue weighted by molar-refractivity contribution is 7.15. The topological polar surface area (TPSA) is 117 Å². The van der Waals surface area contributed by atoms with Crippen LogP contribution in [0.25, 0.3) is 0 Å². The zero-order valence-electron chi connectivity index (χ0n) is 17.4. The lowest BCUT2D eigenvalue weighted by atomic mass is 10.0. The van der Waals surface area contributed by atoms with E-state index >= 15 is 0 Å². The van der Waals surface area contributed by atoms with Crippen molar-refractivity contribution in [1.29, 1.82) is 0 Å². The van der Waals surface area contributed by atoms with Gasteiger partial charge in [0.05, 0.1) is 24.8 Å². The fourth-order valence-corrected chi connectivity index (χ4v) is 3.74. The lowest BCUT2D eigenvalue weighted by molar-refractivity contribution is -0.118. The van der Waals surface area contributed by atoms with Crippen molar-refractivity contribution in [2.24, 2.45) is 11.7 Å². The maximum Gasteiger partial charge on any atom is 0.341 e. The number of carbonyl (C=O) groups is 3. The molecule has 1 aromatic carbocycles. The van der Waals surface area contributed by atoms with Gasteiger partial charge in [-0.25, -0.2) is 4.79 Å². The summed E-state index contributed by atoms with van der Waals surface area (Å²) < 4.78 is 15.7. The summed E-state index contributed by atoms with van der Waals surface area (Å²) in [5.41, 5.74) is 6.67. The molecule has 0 saturated heterocycles. The van der Waals surface area contributed by atoms with Crippen LogP contribution >= 0.6 is 11.3 Å². The Morgan fingerprint density at radius 3 is 2.57 bits per heavy atom. The summed E-state index contributed by atoms with van der Waals surface area (Å²) in [6.07, 6.45) is 0.685. The second-order valence-corrected chi connectivity index (χ2v) is 7.73. The van der Waals surface area contributed by atoms with E-state index in [0.717, 1.165) is 5.56 Å². The smallest absolute Gasteiger partial charge is 0.341 e. The molecule has 0 bridgehead atoms. The van der Waals surface area contributed by atoms with E-state index in [9.17, 15) is 14.4 Å². The summed E-state index contributed by atoms with van der Waals surface area (Å²) in [6.45, 7) is 5.68. The Morgan fingerprint density at radius 1 is 1.23 bits per heavy atom. The zero-order valence-corrected chi connectivity index (χ0v) is 18.3.